The Morgan fingerprint density at radius 1 is 1.08 bits per heavy atom. The number of benzene rings is 1. The first-order chi connectivity index (χ1) is 11.3. The van der Waals surface area contributed by atoms with Crippen molar-refractivity contribution in [2.24, 2.45) is 0 Å². The number of urea groups is 1. The van der Waals surface area contributed by atoms with Gasteiger partial charge in [0.1, 0.15) is 6.04 Å². The van der Waals surface area contributed by atoms with E-state index in [-0.39, 0.29) is 0 Å². The van der Waals surface area contributed by atoms with Gasteiger partial charge in [0.25, 0.3) is 5.91 Å². The van der Waals surface area contributed by atoms with Crippen LogP contribution in [0.25, 0.3) is 0 Å². The zero-order valence-electron chi connectivity index (χ0n) is 12.5. The van der Waals surface area contributed by atoms with Crippen LogP contribution in [0, 0.1) is 0 Å². The number of imide groups is 1. The van der Waals surface area contributed by atoms with Crippen molar-refractivity contribution in [2.45, 2.75) is 12.2 Å². The molecule has 1 unspecified atom stereocenters. The molecule has 1 aromatic heterocycles. The predicted octanol–water partition coefficient (Wildman–Crippen LogP) is 3.24. The fourth-order valence-corrected chi connectivity index (χ4v) is 2.68. The van der Waals surface area contributed by atoms with E-state index in [1.165, 1.54) is 7.05 Å². The number of hydrogen-bond acceptors (Lipinski definition) is 3. The van der Waals surface area contributed by atoms with Crippen molar-refractivity contribution in [2.75, 3.05) is 11.9 Å². The van der Waals surface area contributed by atoms with E-state index in [2.05, 4.69) is 4.98 Å². The SMILES string of the molecule is CN1C(=O)N(c2cnccc2C(F)(F)F)C(=O)C1c1ccccc1. The molecule has 0 bridgehead atoms. The molecule has 3 rings (SSSR count). The highest BCUT2D eigenvalue weighted by Crippen LogP contribution is 2.40. The molecule has 24 heavy (non-hydrogen) atoms. The van der Waals surface area contributed by atoms with Crippen LogP contribution < -0.4 is 4.90 Å². The Bertz CT molecular complexity index is 793. The highest BCUT2D eigenvalue weighted by Gasteiger charge is 2.47. The molecule has 124 valence electrons. The van der Waals surface area contributed by atoms with E-state index < -0.39 is 35.4 Å². The van der Waals surface area contributed by atoms with Gasteiger partial charge in [0.15, 0.2) is 0 Å². The van der Waals surface area contributed by atoms with E-state index in [0.29, 0.717) is 10.5 Å². The number of pyridine rings is 1. The Morgan fingerprint density at radius 2 is 1.75 bits per heavy atom. The summed E-state index contributed by atoms with van der Waals surface area (Å²) >= 11 is 0. The third-order valence-electron chi connectivity index (χ3n) is 3.80. The number of rotatable bonds is 2. The van der Waals surface area contributed by atoms with Gasteiger partial charge in [-0.2, -0.15) is 13.2 Å². The number of nitrogens with zero attached hydrogens (tertiary/aromatic N) is 3. The van der Waals surface area contributed by atoms with Crippen LogP contribution in [0.4, 0.5) is 23.7 Å². The molecule has 1 aromatic carbocycles. The van der Waals surface area contributed by atoms with E-state index in [1.807, 2.05) is 0 Å². The first-order valence-electron chi connectivity index (χ1n) is 6.99. The molecule has 0 radical (unpaired) electrons. The lowest BCUT2D eigenvalue weighted by Crippen LogP contribution is -2.33. The van der Waals surface area contributed by atoms with Crippen molar-refractivity contribution in [3.63, 3.8) is 0 Å². The lowest BCUT2D eigenvalue weighted by Gasteiger charge is -2.18. The molecule has 3 amide bonds. The molecule has 0 saturated carbocycles. The molecule has 2 aromatic rings. The molecule has 0 aliphatic carbocycles. The maximum atomic E-state index is 13.2. The van der Waals surface area contributed by atoms with E-state index in [4.69, 9.17) is 0 Å². The van der Waals surface area contributed by atoms with E-state index in [0.717, 1.165) is 23.4 Å². The van der Waals surface area contributed by atoms with E-state index >= 15 is 0 Å². The van der Waals surface area contributed by atoms with Crippen molar-refractivity contribution >= 4 is 17.6 Å². The second kappa shape index (κ2) is 5.63. The largest absolute Gasteiger partial charge is 0.418 e. The van der Waals surface area contributed by atoms with Crippen LogP contribution >= 0.6 is 0 Å². The van der Waals surface area contributed by atoms with Gasteiger partial charge in [0, 0.05) is 13.2 Å². The summed E-state index contributed by atoms with van der Waals surface area (Å²) in [6.07, 6.45) is -2.86. The number of carbonyl (C=O) groups is 2. The maximum Gasteiger partial charge on any atom is 0.418 e. The van der Waals surface area contributed by atoms with Gasteiger partial charge < -0.3 is 4.90 Å². The van der Waals surface area contributed by atoms with Gasteiger partial charge in [-0.1, -0.05) is 30.3 Å². The van der Waals surface area contributed by atoms with Crippen LogP contribution in [0.3, 0.4) is 0 Å². The number of anilines is 1. The molecule has 1 aliphatic rings. The van der Waals surface area contributed by atoms with E-state index in [1.54, 1.807) is 30.3 Å². The Hall–Kier alpha value is -2.90. The molecule has 0 spiro atoms. The number of hydrogen-bond donors (Lipinski definition) is 0. The molecule has 1 fully saturated rings. The summed E-state index contributed by atoms with van der Waals surface area (Å²) in [5.41, 5.74) is -1.12. The van der Waals surface area contributed by atoms with Gasteiger partial charge in [-0.05, 0) is 11.6 Å². The lowest BCUT2D eigenvalue weighted by atomic mass is 10.1. The molecular formula is C16H12F3N3O2. The minimum Gasteiger partial charge on any atom is -0.311 e. The molecule has 1 aliphatic heterocycles. The number of amides is 3. The number of alkyl halides is 3. The van der Waals surface area contributed by atoms with Crippen LogP contribution in [0.5, 0.6) is 0 Å². The normalized spacial score (nSPS) is 18.4. The second-order valence-corrected chi connectivity index (χ2v) is 5.27. The fraction of sp³-hybridized carbons (Fsp3) is 0.188. The standard InChI is InChI=1S/C16H12F3N3O2/c1-21-13(10-5-3-2-4-6-10)14(23)22(15(21)24)12-9-20-8-7-11(12)16(17,18)19/h2-9,13H,1H3. The minimum atomic E-state index is -4.71. The highest BCUT2D eigenvalue weighted by atomic mass is 19.4. The third-order valence-corrected chi connectivity index (χ3v) is 3.80. The monoisotopic (exact) mass is 335 g/mol. The summed E-state index contributed by atoms with van der Waals surface area (Å²) in [6, 6.07) is 7.35. The number of likely N-dealkylation sites (N-methyl/N-ethyl adjacent to an activating group) is 1. The van der Waals surface area contributed by atoms with Gasteiger partial charge in [0.05, 0.1) is 17.4 Å². The number of halogens is 3. The Labute approximate surface area is 135 Å². The summed E-state index contributed by atoms with van der Waals surface area (Å²) in [5.74, 6) is -0.743. The van der Waals surface area contributed by atoms with Gasteiger partial charge in [-0.3, -0.25) is 9.78 Å². The van der Waals surface area contributed by atoms with Crippen LogP contribution in [-0.4, -0.2) is 28.9 Å². The minimum absolute atomic E-state index is 0.526. The van der Waals surface area contributed by atoms with Crippen molar-refractivity contribution in [1.29, 1.82) is 0 Å². The van der Waals surface area contributed by atoms with Gasteiger partial charge in [-0.15, -0.1) is 0 Å². The molecular weight excluding hydrogens is 323 g/mol. The predicted molar refractivity (Wildman–Crippen MR) is 79.1 cm³/mol. The van der Waals surface area contributed by atoms with Crippen LogP contribution in [0.1, 0.15) is 17.2 Å². The molecule has 1 atom stereocenters. The lowest BCUT2D eigenvalue weighted by molar-refractivity contribution is -0.137. The fourth-order valence-electron chi connectivity index (χ4n) is 2.68. The zero-order chi connectivity index (χ0) is 17.5. The molecule has 1 saturated heterocycles. The average Bonchev–Trinajstić information content (AvgIpc) is 2.77. The molecule has 8 heteroatoms. The van der Waals surface area contributed by atoms with Gasteiger partial charge in [-0.25, -0.2) is 9.69 Å². The molecule has 5 nitrogen and oxygen atoms in total. The first-order valence-corrected chi connectivity index (χ1v) is 6.99. The number of aromatic nitrogens is 1. The van der Waals surface area contributed by atoms with Crippen molar-refractivity contribution in [1.82, 2.24) is 9.88 Å². The second-order valence-electron chi connectivity index (χ2n) is 5.27. The van der Waals surface area contributed by atoms with Crippen LogP contribution in [0.2, 0.25) is 0 Å². The topological polar surface area (TPSA) is 53.5 Å². The van der Waals surface area contributed by atoms with Crippen molar-refractivity contribution in [3.8, 4) is 0 Å². The third kappa shape index (κ3) is 2.49. The van der Waals surface area contributed by atoms with Crippen LogP contribution in [-0.2, 0) is 11.0 Å². The Morgan fingerprint density at radius 3 is 2.38 bits per heavy atom. The summed E-state index contributed by atoms with van der Waals surface area (Å²) in [5, 5.41) is 0. The van der Waals surface area contributed by atoms with Gasteiger partial charge in [0.2, 0.25) is 0 Å². The smallest absolute Gasteiger partial charge is 0.311 e. The summed E-state index contributed by atoms with van der Waals surface area (Å²) in [7, 11) is 1.38. The number of carbonyl (C=O) groups excluding carboxylic acids is 2. The molecule has 0 N–H and O–H groups in total. The Kier molecular flexibility index (Phi) is 3.75. The summed E-state index contributed by atoms with van der Waals surface area (Å²) in [4.78, 5) is 30.4. The summed E-state index contributed by atoms with van der Waals surface area (Å²) < 4.78 is 39.5. The quantitative estimate of drug-likeness (QED) is 0.792. The van der Waals surface area contributed by atoms with E-state index in [9.17, 15) is 22.8 Å². The highest BCUT2D eigenvalue weighted by molar-refractivity contribution is 6.21. The summed E-state index contributed by atoms with van der Waals surface area (Å²) in [6.45, 7) is 0. The first kappa shape index (κ1) is 16.0. The maximum absolute atomic E-state index is 13.2. The van der Waals surface area contributed by atoms with Gasteiger partial charge >= 0.3 is 12.2 Å². The molecule has 2 heterocycles. The average molecular weight is 335 g/mol. The Balaban J connectivity index is 2.08. The van der Waals surface area contributed by atoms with Crippen molar-refractivity contribution < 1.29 is 22.8 Å². The zero-order valence-corrected chi connectivity index (χ0v) is 12.5. The van der Waals surface area contributed by atoms with Crippen molar-refractivity contribution in [3.05, 3.63) is 59.9 Å². The van der Waals surface area contributed by atoms with Crippen LogP contribution in [0.15, 0.2) is 48.8 Å².